The Hall–Kier alpha value is -0.760. The molecule has 0 heterocycles. The molecule has 0 radical (unpaired) electrons. The zero-order valence-electron chi connectivity index (χ0n) is 22.5. The van der Waals surface area contributed by atoms with Gasteiger partial charge in [0.25, 0.3) is 0 Å². The molecule has 3 aliphatic carbocycles. The van der Waals surface area contributed by atoms with Crippen LogP contribution in [0.25, 0.3) is 0 Å². The standard InChI is InChI=1S/C17H30NO.C10H22O4S/c1-5-18(6-2)10-12-19-11-9-14-7-8-15-13-16(14)17(15,3)4;1-2-3-4-5-6-7-8-9-10-14-15(11,12)13/h5,7,15-16H,6,8-13H2,1-4H3;2-10H2,1H3,(H,11,12,13)/q+1;/p-1. The van der Waals surface area contributed by atoms with Gasteiger partial charge in [0.15, 0.2) is 6.54 Å². The summed E-state index contributed by atoms with van der Waals surface area (Å²) in [4.78, 5) is 0. The molecule has 2 bridgehead atoms. The first-order chi connectivity index (χ1) is 16.2. The van der Waals surface area contributed by atoms with Crippen molar-refractivity contribution < 1.29 is 26.5 Å². The zero-order chi connectivity index (χ0) is 25.5. The summed E-state index contributed by atoms with van der Waals surface area (Å²) in [7, 11) is -4.48. The molecule has 6 nitrogen and oxygen atoms in total. The quantitative estimate of drug-likeness (QED) is 0.0600. The predicted octanol–water partition coefficient (Wildman–Crippen LogP) is 6.11. The average Bonchev–Trinajstić information content (AvgIpc) is 2.80. The normalized spacial score (nSPS) is 21.4. The van der Waals surface area contributed by atoms with Crippen molar-refractivity contribution in [2.45, 2.75) is 105 Å². The van der Waals surface area contributed by atoms with Gasteiger partial charge in [-0.2, -0.15) is 0 Å². The maximum atomic E-state index is 10.1. The molecule has 2 unspecified atom stereocenters. The molecule has 3 aliphatic rings. The van der Waals surface area contributed by atoms with E-state index in [-0.39, 0.29) is 6.61 Å². The Morgan fingerprint density at radius 1 is 1.06 bits per heavy atom. The highest BCUT2D eigenvalue weighted by atomic mass is 32.3. The van der Waals surface area contributed by atoms with E-state index in [1.165, 1.54) is 44.9 Å². The molecule has 0 aromatic carbocycles. The van der Waals surface area contributed by atoms with Crippen molar-refractivity contribution in [1.82, 2.24) is 0 Å². The van der Waals surface area contributed by atoms with E-state index in [4.69, 9.17) is 4.74 Å². The molecule has 34 heavy (non-hydrogen) atoms. The summed E-state index contributed by atoms with van der Waals surface area (Å²) in [5.74, 6) is 1.78. The first-order valence-electron chi connectivity index (χ1n) is 13.6. The lowest BCUT2D eigenvalue weighted by Gasteiger charge is -2.56. The zero-order valence-corrected chi connectivity index (χ0v) is 23.3. The number of hydrogen-bond donors (Lipinski definition) is 0. The summed E-state index contributed by atoms with van der Waals surface area (Å²) in [6.07, 6.45) is 17.4. The van der Waals surface area contributed by atoms with E-state index < -0.39 is 10.4 Å². The summed E-state index contributed by atoms with van der Waals surface area (Å²) in [6, 6.07) is 0. The molecule has 0 aromatic rings. The fourth-order valence-electron chi connectivity index (χ4n) is 5.10. The van der Waals surface area contributed by atoms with Crippen molar-refractivity contribution in [2.75, 3.05) is 32.9 Å². The third-order valence-electron chi connectivity index (χ3n) is 7.64. The summed E-state index contributed by atoms with van der Waals surface area (Å²) in [6.45, 7) is 15.2. The summed E-state index contributed by atoms with van der Waals surface area (Å²) in [5, 5.41) is 0. The second-order valence-corrected chi connectivity index (χ2v) is 11.3. The van der Waals surface area contributed by atoms with E-state index in [2.05, 4.69) is 55.7 Å². The van der Waals surface area contributed by atoms with Crippen LogP contribution in [0.15, 0.2) is 11.6 Å². The number of fused-ring (bicyclic) bond motifs is 1. The Labute approximate surface area is 210 Å². The van der Waals surface area contributed by atoms with Gasteiger partial charge in [-0.1, -0.05) is 77.4 Å². The summed E-state index contributed by atoms with van der Waals surface area (Å²) >= 11 is 0. The van der Waals surface area contributed by atoms with Crippen molar-refractivity contribution in [3.8, 4) is 0 Å². The molecular weight excluding hydrogens is 450 g/mol. The average molecular weight is 502 g/mol. The molecule has 0 saturated heterocycles. The Balaban J connectivity index is 0.000000352. The minimum atomic E-state index is -4.48. The van der Waals surface area contributed by atoms with Crippen molar-refractivity contribution >= 4 is 16.6 Å². The second kappa shape index (κ2) is 16.8. The van der Waals surface area contributed by atoms with Gasteiger partial charge in [0, 0.05) is 6.92 Å². The van der Waals surface area contributed by atoms with Crippen LogP contribution in [0, 0.1) is 17.3 Å². The van der Waals surface area contributed by atoms with Crippen LogP contribution in [-0.2, 0) is 19.3 Å². The number of nitrogens with zero attached hydrogens (tertiary/aromatic N) is 1. The Kier molecular flexibility index (Phi) is 15.5. The fourth-order valence-corrected chi connectivity index (χ4v) is 5.42. The van der Waals surface area contributed by atoms with Gasteiger partial charge in [0.1, 0.15) is 19.4 Å². The molecular formula is C27H51NO5S. The van der Waals surface area contributed by atoms with E-state index >= 15 is 0 Å². The third kappa shape index (κ3) is 12.3. The number of likely N-dealkylation sites (N-methyl/N-ethyl adjacent to an activating group) is 1. The molecule has 1 fully saturated rings. The molecule has 0 amide bonds. The van der Waals surface area contributed by atoms with Crippen LogP contribution in [0.2, 0.25) is 0 Å². The number of allylic oxidation sites excluding steroid dienone is 1. The van der Waals surface area contributed by atoms with Gasteiger partial charge >= 0.3 is 0 Å². The van der Waals surface area contributed by atoms with Gasteiger partial charge in [-0.3, -0.25) is 4.18 Å². The largest absolute Gasteiger partial charge is 0.726 e. The van der Waals surface area contributed by atoms with Crippen LogP contribution >= 0.6 is 0 Å². The van der Waals surface area contributed by atoms with Crippen molar-refractivity contribution in [2.24, 2.45) is 17.3 Å². The lowest BCUT2D eigenvalue weighted by molar-refractivity contribution is -0.523. The van der Waals surface area contributed by atoms with Crippen LogP contribution < -0.4 is 0 Å². The maximum absolute atomic E-state index is 10.1. The molecule has 0 spiro atoms. The van der Waals surface area contributed by atoms with E-state index in [0.717, 1.165) is 57.4 Å². The summed E-state index contributed by atoms with van der Waals surface area (Å²) < 4.78 is 42.4. The smallest absolute Gasteiger partial charge is 0.217 e. The van der Waals surface area contributed by atoms with Crippen LogP contribution in [0.3, 0.4) is 0 Å². The molecule has 200 valence electrons. The molecule has 3 rings (SSSR count). The van der Waals surface area contributed by atoms with Gasteiger partial charge in [-0.15, -0.1) is 0 Å². The first-order valence-corrected chi connectivity index (χ1v) is 14.9. The third-order valence-corrected chi connectivity index (χ3v) is 8.09. The lowest BCUT2D eigenvalue weighted by Crippen LogP contribution is -2.48. The Bertz CT molecular complexity index is 715. The van der Waals surface area contributed by atoms with Crippen LogP contribution in [-0.4, -0.2) is 56.7 Å². The van der Waals surface area contributed by atoms with Gasteiger partial charge in [-0.05, 0) is 49.9 Å². The Morgan fingerprint density at radius 2 is 1.71 bits per heavy atom. The minimum absolute atomic E-state index is 0.0286. The van der Waals surface area contributed by atoms with E-state index in [1.54, 1.807) is 5.57 Å². The molecule has 7 heteroatoms. The highest BCUT2D eigenvalue weighted by Crippen LogP contribution is 2.59. The monoisotopic (exact) mass is 501 g/mol. The summed E-state index contributed by atoms with van der Waals surface area (Å²) in [5.41, 5.74) is 2.22. The molecule has 1 saturated carbocycles. The predicted molar refractivity (Wildman–Crippen MR) is 139 cm³/mol. The van der Waals surface area contributed by atoms with E-state index in [9.17, 15) is 13.0 Å². The molecule has 0 aromatic heterocycles. The van der Waals surface area contributed by atoms with E-state index in [0.29, 0.717) is 11.8 Å². The van der Waals surface area contributed by atoms with Crippen molar-refractivity contribution in [1.29, 1.82) is 0 Å². The topological polar surface area (TPSA) is 78.7 Å². The van der Waals surface area contributed by atoms with Crippen LogP contribution in [0.1, 0.15) is 105 Å². The SMILES string of the molecule is CC=[N+](CC)CCOCCC1=CCC2CC1C2(C)C.CCCCCCCCCCOS(=O)(=O)[O-]. The van der Waals surface area contributed by atoms with Crippen LogP contribution in [0.4, 0.5) is 0 Å². The second-order valence-electron chi connectivity index (χ2n) is 10.3. The molecule has 2 atom stereocenters. The number of rotatable bonds is 17. The lowest BCUT2D eigenvalue weighted by atomic mass is 9.48. The first kappa shape index (κ1) is 31.3. The van der Waals surface area contributed by atoms with Crippen molar-refractivity contribution in [3.63, 3.8) is 0 Å². The van der Waals surface area contributed by atoms with Gasteiger partial charge < -0.3 is 9.29 Å². The highest BCUT2D eigenvalue weighted by molar-refractivity contribution is 7.80. The van der Waals surface area contributed by atoms with Gasteiger partial charge in [0.05, 0.1) is 13.2 Å². The van der Waals surface area contributed by atoms with Crippen molar-refractivity contribution in [3.05, 3.63) is 11.6 Å². The van der Waals surface area contributed by atoms with E-state index in [1.807, 2.05) is 0 Å². The van der Waals surface area contributed by atoms with Gasteiger partial charge in [0.2, 0.25) is 10.4 Å². The highest BCUT2D eigenvalue weighted by Gasteiger charge is 2.50. The number of hydrogen-bond acceptors (Lipinski definition) is 5. The molecule has 0 aliphatic heterocycles. The van der Waals surface area contributed by atoms with Gasteiger partial charge in [-0.25, -0.2) is 13.0 Å². The fraction of sp³-hybridized carbons (Fsp3) is 0.889. The molecule has 0 N–H and O–H groups in total. The Morgan fingerprint density at radius 3 is 2.24 bits per heavy atom. The number of unbranched alkanes of at least 4 members (excludes halogenated alkanes) is 7. The van der Waals surface area contributed by atoms with Crippen LogP contribution in [0.5, 0.6) is 0 Å². The number of ether oxygens (including phenoxy) is 1. The minimum Gasteiger partial charge on any atom is -0.726 e. The maximum Gasteiger partial charge on any atom is 0.217 e.